The molecule has 2 N–H and O–H groups in total. The van der Waals surface area contributed by atoms with Gasteiger partial charge in [-0.3, -0.25) is 0 Å². The van der Waals surface area contributed by atoms with Crippen molar-refractivity contribution in [1.29, 1.82) is 5.26 Å². The molecular formula is C16H12ClFN4. The number of benzene rings is 2. The zero-order valence-corrected chi connectivity index (χ0v) is 12.3. The average molecular weight is 315 g/mol. The van der Waals surface area contributed by atoms with Gasteiger partial charge in [0, 0.05) is 13.0 Å². The van der Waals surface area contributed by atoms with Crippen molar-refractivity contribution in [2.24, 2.45) is 0 Å². The first-order valence-corrected chi connectivity index (χ1v) is 7.12. The number of halogens is 2. The minimum Gasteiger partial charge on any atom is -0.382 e. The van der Waals surface area contributed by atoms with Crippen molar-refractivity contribution in [3.63, 3.8) is 0 Å². The SMILES string of the molecule is N#Cc1cccc(Cl)c1NCCc1nc2ccc(F)cc2[nH]1. The van der Waals surface area contributed by atoms with Gasteiger partial charge in [-0.2, -0.15) is 5.26 Å². The van der Waals surface area contributed by atoms with E-state index in [0.717, 1.165) is 11.3 Å². The van der Waals surface area contributed by atoms with Crippen molar-refractivity contribution in [3.05, 3.63) is 58.6 Å². The second kappa shape index (κ2) is 6.04. The van der Waals surface area contributed by atoms with Gasteiger partial charge >= 0.3 is 0 Å². The number of H-pyrrole nitrogens is 1. The standard InChI is InChI=1S/C16H12ClFN4/c17-12-3-1-2-10(9-19)16(12)20-7-6-15-21-13-5-4-11(18)8-14(13)22-15/h1-5,8,20H,6-7H2,(H,21,22). The first-order valence-electron chi connectivity index (χ1n) is 6.74. The Balaban J connectivity index is 1.71. The number of para-hydroxylation sites is 1. The monoisotopic (exact) mass is 314 g/mol. The molecule has 3 aromatic rings. The van der Waals surface area contributed by atoms with Crippen molar-refractivity contribution in [3.8, 4) is 6.07 Å². The van der Waals surface area contributed by atoms with Gasteiger partial charge in [0.05, 0.1) is 27.3 Å². The fraction of sp³-hybridized carbons (Fsp3) is 0.125. The predicted octanol–water partition coefficient (Wildman–Crippen LogP) is 3.88. The van der Waals surface area contributed by atoms with Crippen LogP contribution in [0.4, 0.5) is 10.1 Å². The Morgan fingerprint density at radius 1 is 1.32 bits per heavy atom. The summed E-state index contributed by atoms with van der Waals surface area (Å²) in [7, 11) is 0. The highest BCUT2D eigenvalue weighted by atomic mass is 35.5. The lowest BCUT2D eigenvalue weighted by molar-refractivity contribution is 0.629. The largest absolute Gasteiger partial charge is 0.382 e. The Morgan fingerprint density at radius 2 is 2.18 bits per heavy atom. The van der Waals surface area contributed by atoms with Crippen molar-refractivity contribution in [1.82, 2.24) is 9.97 Å². The lowest BCUT2D eigenvalue weighted by Crippen LogP contribution is -2.07. The van der Waals surface area contributed by atoms with Gasteiger partial charge in [0.15, 0.2) is 0 Å². The van der Waals surface area contributed by atoms with E-state index in [2.05, 4.69) is 21.4 Å². The summed E-state index contributed by atoms with van der Waals surface area (Å²) in [5, 5.41) is 12.7. The molecule has 4 nitrogen and oxygen atoms in total. The van der Waals surface area contributed by atoms with Gasteiger partial charge in [0.1, 0.15) is 17.7 Å². The number of hydrogen-bond donors (Lipinski definition) is 2. The van der Waals surface area contributed by atoms with Gasteiger partial charge in [-0.1, -0.05) is 17.7 Å². The maximum Gasteiger partial charge on any atom is 0.125 e. The third-order valence-electron chi connectivity index (χ3n) is 3.29. The van der Waals surface area contributed by atoms with E-state index < -0.39 is 0 Å². The molecule has 110 valence electrons. The molecule has 0 amide bonds. The number of rotatable bonds is 4. The van der Waals surface area contributed by atoms with Crippen LogP contribution in [0.15, 0.2) is 36.4 Å². The molecule has 6 heteroatoms. The smallest absolute Gasteiger partial charge is 0.125 e. The zero-order chi connectivity index (χ0) is 15.5. The van der Waals surface area contributed by atoms with Crippen molar-refractivity contribution < 1.29 is 4.39 Å². The van der Waals surface area contributed by atoms with Crippen LogP contribution in [0.25, 0.3) is 11.0 Å². The number of imidazole rings is 1. The van der Waals surface area contributed by atoms with Crippen LogP contribution in [0.1, 0.15) is 11.4 Å². The van der Waals surface area contributed by atoms with Crippen LogP contribution in [0.3, 0.4) is 0 Å². The fourth-order valence-electron chi connectivity index (χ4n) is 2.26. The topological polar surface area (TPSA) is 64.5 Å². The minimum absolute atomic E-state index is 0.296. The Kier molecular flexibility index (Phi) is 3.94. The number of nitrogens with one attached hydrogen (secondary N) is 2. The van der Waals surface area contributed by atoms with E-state index in [0.29, 0.717) is 34.8 Å². The van der Waals surface area contributed by atoms with Gasteiger partial charge in [0.2, 0.25) is 0 Å². The Bertz CT molecular complexity index is 866. The van der Waals surface area contributed by atoms with Crippen LogP contribution in [-0.4, -0.2) is 16.5 Å². The third kappa shape index (κ3) is 2.87. The molecule has 0 saturated heterocycles. The molecule has 1 aromatic heterocycles. The molecule has 0 aliphatic heterocycles. The molecule has 22 heavy (non-hydrogen) atoms. The van der Waals surface area contributed by atoms with Gasteiger partial charge in [0.25, 0.3) is 0 Å². The first-order chi connectivity index (χ1) is 10.7. The summed E-state index contributed by atoms with van der Waals surface area (Å²) >= 11 is 6.09. The van der Waals surface area contributed by atoms with E-state index in [1.165, 1.54) is 12.1 Å². The summed E-state index contributed by atoms with van der Waals surface area (Å²) in [5.74, 6) is 0.453. The van der Waals surface area contributed by atoms with Gasteiger partial charge in [-0.05, 0) is 30.3 Å². The number of aromatic amines is 1. The summed E-state index contributed by atoms with van der Waals surface area (Å²) in [6.45, 7) is 0.556. The summed E-state index contributed by atoms with van der Waals surface area (Å²) in [6, 6.07) is 11.7. The Labute approximate surface area is 131 Å². The number of nitriles is 1. The molecule has 0 bridgehead atoms. The van der Waals surface area contributed by atoms with Crippen LogP contribution in [0.5, 0.6) is 0 Å². The molecule has 0 aliphatic rings. The molecule has 0 fully saturated rings. The van der Waals surface area contributed by atoms with Crippen molar-refractivity contribution in [2.75, 3.05) is 11.9 Å². The number of anilines is 1. The van der Waals surface area contributed by atoms with E-state index in [-0.39, 0.29) is 5.82 Å². The molecule has 0 unspecified atom stereocenters. The minimum atomic E-state index is -0.296. The third-order valence-corrected chi connectivity index (χ3v) is 3.61. The molecule has 3 rings (SSSR count). The van der Waals surface area contributed by atoms with E-state index in [9.17, 15) is 4.39 Å². The number of fused-ring (bicyclic) bond motifs is 1. The molecule has 2 aromatic carbocycles. The summed E-state index contributed by atoms with van der Waals surface area (Å²) in [4.78, 5) is 7.47. The van der Waals surface area contributed by atoms with E-state index in [1.807, 2.05) is 0 Å². The Morgan fingerprint density at radius 3 is 3.00 bits per heavy atom. The fourth-order valence-corrected chi connectivity index (χ4v) is 2.50. The second-order valence-corrected chi connectivity index (χ2v) is 5.20. The highest BCUT2D eigenvalue weighted by Gasteiger charge is 2.07. The molecular weight excluding hydrogens is 303 g/mol. The highest BCUT2D eigenvalue weighted by molar-refractivity contribution is 6.33. The molecule has 0 saturated carbocycles. The lowest BCUT2D eigenvalue weighted by atomic mass is 10.2. The maximum absolute atomic E-state index is 13.1. The summed E-state index contributed by atoms with van der Waals surface area (Å²) in [6.07, 6.45) is 0.604. The van der Waals surface area contributed by atoms with Gasteiger partial charge in [-0.15, -0.1) is 0 Å². The highest BCUT2D eigenvalue weighted by Crippen LogP contribution is 2.25. The Hall–Kier alpha value is -2.58. The summed E-state index contributed by atoms with van der Waals surface area (Å²) in [5.41, 5.74) is 2.52. The number of aromatic nitrogens is 2. The van der Waals surface area contributed by atoms with Crippen molar-refractivity contribution in [2.45, 2.75) is 6.42 Å². The van der Waals surface area contributed by atoms with Gasteiger partial charge < -0.3 is 10.3 Å². The average Bonchev–Trinajstić information content (AvgIpc) is 2.90. The quantitative estimate of drug-likeness (QED) is 0.768. The number of hydrogen-bond acceptors (Lipinski definition) is 3. The van der Waals surface area contributed by atoms with Crippen molar-refractivity contribution >= 4 is 28.3 Å². The van der Waals surface area contributed by atoms with Crippen LogP contribution in [0, 0.1) is 17.1 Å². The molecule has 1 heterocycles. The molecule has 0 spiro atoms. The second-order valence-electron chi connectivity index (χ2n) is 4.80. The van der Waals surface area contributed by atoms with Gasteiger partial charge in [-0.25, -0.2) is 9.37 Å². The van der Waals surface area contributed by atoms with E-state index in [4.69, 9.17) is 16.9 Å². The maximum atomic E-state index is 13.1. The zero-order valence-electron chi connectivity index (χ0n) is 11.5. The van der Waals surface area contributed by atoms with Crippen LogP contribution in [0.2, 0.25) is 5.02 Å². The van der Waals surface area contributed by atoms with Crippen LogP contribution >= 0.6 is 11.6 Å². The van der Waals surface area contributed by atoms with E-state index >= 15 is 0 Å². The predicted molar refractivity (Wildman–Crippen MR) is 84.4 cm³/mol. The lowest BCUT2D eigenvalue weighted by Gasteiger charge is -2.09. The van der Waals surface area contributed by atoms with Crippen LogP contribution < -0.4 is 5.32 Å². The molecule has 0 aliphatic carbocycles. The molecule has 0 radical (unpaired) electrons. The first kappa shape index (κ1) is 14.4. The molecule has 0 atom stereocenters. The van der Waals surface area contributed by atoms with Crippen LogP contribution in [-0.2, 0) is 6.42 Å². The van der Waals surface area contributed by atoms with E-state index in [1.54, 1.807) is 24.3 Å². The number of nitrogens with zero attached hydrogens (tertiary/aromatic N) is 2. The summed E-state index contributed by atoms with van der Waals surface area (Å²) < 4.78 is 13.1. The normalized spacial score (nSPS) is 10.6.